The van der Waals surface area contributed by atoms with Crippen LogP contribution in [0.1, 0.15) is 56.4 Å². The van der Waals surface area contributed by atoms with Gasteiger partial charge in [0, 0.05) is 5.69 Å². The Hall–Kier alpha value is -1.16. The van der Waals surface area contributed by atoms with Gasteiger partial charge in [0.15, 0.2) is 5.78 Å². The fourth-order valence-electron chi connectivity index (χ4n) is 2.12. The number of hydrogen-bond donors (Lipinski definition) is 0. The van der Waals surface area contributed by atoms with Crippen molar-refractivity contribution >= 4 is 5.78 Å². The molecular formula is C14H24N2O2. The average Bonchev–Trinajstić information content (AvgIpc) is 2.66. The molecule has 0 aliphatic rings. The Balaban J connectivity index is 2.94. The van der Waals surface area contributed by atoms with Crippen LogP contribution >= 0.6 is 0 Å². The molecule has 0 aromatic carbocycles. The van der Waals surface area contributed by atoms with Crippen LogP contribution in [0.15, 0.2) is 0 Å². The van der Waals surface area contributed by atoms with Gasteiger partial charge in [-0.2, -0.15) is 5.10 Å². The summed E-state index contributed by atoms with van der Waals surface area (Å²) in [7, 11) is 0. The number of carbonyl (C=O) groups is 1. The third kappa shape index (κ3) is 3.42. The first-order chi connectivity index (χ1) is 8.51. The molecule has 18 heavy (non-hydrogen) atoms. The SMILES string of the molecule is CCc1nn(CCOC(C)C)c(CC)c1C(C)=O. The van der Waals surface area contributed by atoms with E-state index in [-0.39, 0.29) is 11.9 Å². The molecule has 0 amide bonds. The highest BCUT2D eigenvalue weighted by atomic mass is 16.5. The van der Waals surface area contributed by atoms with Gasteiger partial charge in [0.25, 0.3) is 0 Å². The summed E-state index contributed by atoms with van der Waals surface area (Å²) in [6.07, 6.45) is 1.84. The predicted octanol–water partition coefficient (Wildman–Crippen LogP) is 2.64. The maximum absolute atomic E-state index is 11.7. The summed E-state index contributed by atoms with van der Waals surface area (Å²) in [6, 6.07) is 0. The molecule has 0 aliphatic heterocycles. The molecule has 0 saturated heterocycles. The van der Waals surface area contributed by atoms with Gasteiger partial charge in [-0.15, -0.1) is 0 Å². The van der Waals surface area contributed by atoms with Gasteiger partial charge in [0.05, 0.1) is 30.5 Å². The molecule has 0 N–H and O–H groups in total. The van der Waals surface area contributed by atoms with Crippen LogP contribution in [0, 0.1) is 0 Å². The van der Waals surface area contributed by atoms with Crippen LogP contribution in [0.2, 0.25) is 0 Å². The first kappa shape index (κ1) is 14.9. The van der Waals surface area contributed by atoms with E-state index in [1.807, 2.05) is 25.5 Å². The van der Waals surface area contributed by atoms with Crippen LogP contribution in [0.3, 0.4) is 0 Å². The third-order valence-corrected chi connectivity index (χ3v) is 2.91. The van der Waals surface area contributed by atoms with Gasteiger partial charge in [-0.1, -0.05) is 13.8 Å². The maximum Gasteiger partial charge on any atom is 0.163 e. The summed E-state index contributed by atoms with van der Waals surface area (Å²) in [5.74, 6) is 0.111. The van der Waals surface area contributed by atoms with Crippen molar-refractivity contribution in [1.29, 1.82) is 0 Å². The molecule has 0 atom stereocenters. The Labute approximate surface area is 109 Å². The van der Waals surface area contributed by atoms with Crippen molar-refractivity contribution in [2.75, 3.05) is 6.61 Å². The van der Waals surface area contributed by atoms with Crippen LogP contribution in [0.5, 0.6) is 0 Å². The number of carbonyl (C=O) groups excluding carboxylic acids is 1. The summed E-state index contributed by atoms with van der Waals surface area (Å²) in [5, 5.41) is 4.53. The van der Waals surface area contributed by atoms with Crippen LogP contribution < -0.4 is 0 Å². The maximum atomic E-state index is 11.7. The Kier molecular flexibility index (Phi) is 5.54. The first-order valence-electron chi connectivity index (χ1n) is 6.72. The molecule has 1 aromatic rings. The fraction of sp³-hybridized carbons (Fsp3) is 0.714. The van der Waals surface area contributed by atoms with E-state index in [0.717, 1.165) is 29.8 Å². The molecule has 0 radical (unpaired) electrons. The lowest BCUT2D eigenvalue weighted by Gasteiger charge is -2.09. The molecule has 1 rings (SSSR count). The highest BCUT2D eigenvalue weighted by Crippen LogP contribution is 2.17. The minimum Gasteiger partial charge on any atom is -0.377 e. The monoisotopic (exact) mass is 252 g/mol. The second kappa shape index (κ2) is 6.69. The van der Waals surface area contributed by atoms with Gasteiger partial charge in [-0.05, 0) is 33.6 Å². The molecule has 0 bridgehead atoms. The third-order valence-electron chi connectivity index (χ3n) is 2.91. The van der Waals surface area contributed by atoms with E-state index >= 15 is 0 Å². The fourth-order valence-corrected chi connectivity index (χ4v) is 2.12. The summed E-state index contributed by atoms with van der Waals surface area (Å²) in [5.41, 5.74) is 2.75. The van der Waals surface area contributed by atoms with Gasteiger partial charge >= 0.3 is 0 Å². The second-order valence-electron chi connectivity index (χ2n) is 4.67. The molecule has 0 aliphatic carbocycles. The molecule has 4 heteroatoms. The normalized spacial score (nSPS) is 11.2. The Morgan fingerprint density at radius 1 is 1.33 bits per heavy atom. The molecular weight excluding hydrogens is 228 g/mol. The largest absolute Gasteiger partial charge is 0.377 e. The first-order valence-corrected chi connectivity index (χ1v) is 6.72. The van der Waals surface area contributed by atoms with E-state index in [0.29, 0.717) is 13.2 Å². The van der Waals surface area contributed by atoms with Gasteiger partial charge in [0.1, 0.15) is 0 Å². The number of rotatable bonds is 7. The quantitative estimate of drug-likeness (QED) is 0.701. The lowest BCUT2D eigenvalue weighted by molar-refractivity contribution is 0.0704. The molecule has 1 heterocycles. The second-order valence-corrected chi connectivity index (χ2v) is 4.67. The molecule has 102 valence electrons. The zero-order valence-electron chi connectivity index (χ0n) is 12.1. The average molecular weight is 252 g/mol. The van der Waals surface area contributed by atoms with E-state index in [9.17, 15) is 4.79 Å². The summed E-state index contributed by atoms with van der Waals surface area (Å²) >= 11 is 0. The zero-order chi connectivity index (χ0) is 13.7. The summed E-state index contributed by atoms with van der Waals surface area (Å²) < 4.78 is 7.47. The molecule has 0 spiro atoms. The van der Waals surface area contributed by atoms with E-state index in [4.69, 9.17) is 4.74 Å². The highest BCUT2D eigenvalue weighted by molar-refractivity contribution is 5.96. The standard InChI is InChI=1S/C14H24N2O2/c1-6-12-14(11(5)17)13(7-2)16(15-12)8-9-18-10(3)4/h10H,6-9H2,1-5H3. The van der Waals surface area contributed by atoms with E-state index < -0.39 is 0 Å². The van der Waals surface area contributed by atoms with Crippen LogP contribution in [0.4, 0.5) is 0 Å². The molecule has 0 saturated carbocycles. The van der Waals surface area contributed by atoms with Crippen molar-refractivity contribution in [1.82, 2.24) is 9.78 Å². The van der Waals surface area contributed by atoms with Crippen molar-refractivity contribution in [3.8, 4) is 0 Å². The van der Waals surface area contributed by atoms with Gasteiger partial charge in [-0.25, -0.2) is 0 Å². The zero-order valence-corrected chi connectivity index (χ0v) is 12.1. The topological polar surface area (TPSA) is 44.1 Å². The van der Waals surface area contributed by atoms with E-state index in [1.165, 1.54) is 0 Å². The number of Topliss-reactive ketones (excluding diaryl/α,β-unsaturated/α-hetero) is 1. The van der Waals surface area contributed by atoms with Crippen molar-refractivity contribution in [3.05, 3.63) is 17.0 Å². The lowest BCUT2D eigenvalue weighted by atomic mass is 10.1. The smallest absolute Gasteiger partial charge is 0.163 e. The van der Waals surface area contributed by atoms with Crippen molar-refractivity contribution < 1.29 is 9.53 Å². The van der Waals surface area contributed by atoms with Crippen molar-refractivity contribution in [3.63, 3.8) is 0 Å². The minimum atomic E-state index is 0.111. The summed E-state index contributed by atoms with van der Waals surface area (Å²) in [4.78, 5) is 11.7. The minimum absolute atomic E-state index is 0.111. The van der Waals surface area contributed by atoms with Crippen molar-refractivity contribution in [2.24, 2.45) is 0 Å². The summed E-state index contributed by atoms with van der Waals surface area (Å²) in [6.45, 7) is 11.1. The number of ketones is 1. The number of aryl methyl sites for hydroxylation is 1. The molecule has 0 fully saturated rings. The van der Waals surface area contributed by atoms with Gasteiger partial charge in [-0.3, -0.25) is 9.48 Å². The number of aromatic nitrogens is 2. The van der Waals surface area contributed by atoms with Crippen LogP contribution in [-0.2, 0) is 24.1 Å². The predicted molar refractivity (Wildman–Crippen MR) is 72.1 cm³/mol. The van der Waals surface area contributed by atoms with E-state index in [2.05, 4.69) is 12.0 Å². The number of nitrogens with zero attached hydrogens (tertiary/aromatic N) is 2. The van der Waals surface area contributed by atoms with Gasteiger partial charge in [0.2, 0.25) is 0 Å². The molecule has 4 nitrogen and oxygen atoms in total. The Morgan fingerprint density at radius 3 is 2.44 bits per heavy atom. The Morgan fingerprint density at radius 2 is 2.00 bits per heavy atom. The highest BCUT2D eigenvalue weighted by Gasteiger charge is 2.18. The molecule has 0 unspecified atom stereocenters. The van der Waals surface area contributed by atoms with Crippen LogP contribution in [-0.4, -0.2) is 28.3 Å². The molecule has 1 aromatic heterocycles. The number of hydrogen-bond acceptors (Lipinski definition) is 3. The van der Waals surface area contributed by atoms with E-state index in [1.54, 1.807) is 6.92 Å². The Bertz CT molecular complexity index is 408. The lowest BCUT2D eigenvalue weighted by Crippen LogP contribution is -2.14. The number of ether oxygens (including phenoxy) is 1. The van der Waals surface area contributed by atoms with Gasteiger partial charge < -0.3 is 4.74 Å². The van der Waals surface area contributed by atoms with Crippen LogP contribution in [0.25, 0.3) is 0 Å². The van der Waals surface area contributed by atoms with Crippen molar-refractivity contribution in [2.45, 2.75) is 60.1 Å².